The van der Waals surface area contributed by atoms with Gasteiger partial charge in [0.05, 0.1) is 12.3 Å². The molecule has 0 spiro atoms. The number of nitrogens with one attached hydrogen (secondary N) is 2. The summed E-state index contributed by atoms with van der Waals surface area (Å²) in [4.78, 5) is 5.19. The Morgan fingerprint density at radius 2 is 2.09 bits per heavy atom. The molecule has 0 aliphatic carbocycles. The Morgan fingerprint density at radius 3 is 2.61 bits per heavy atom. The number of nitrogens with zero attached hydrogens (tertiary/aromatic N) is 1. The highest BCUT2D eigenvalue weighted by Crippen LogP contribution is 2.25. The molecule has 0 radical (unpaired) electrons. The SMILES string of the molecule is CCNC(=NCC(C)(O)c1cccs1)NCCS(=O)(=O)CC.I. The summed E-state index contributed by atoms with van der Waals surface area (Å²) in [5, 5.41) is 18.4. The first-order valence-electron chi connectivity index (χ1n) is 7.29. The van der Waals surface area contributed by atoms with Crippen LogP contribution < -0.4 is 10.6 Å². The van der Waals surface area contributed by atoms with E-state index in [2.05, 4.69) is 15.6 Å². The van der Waals surface area contributed by atoms with Gasteiger partial charge in [0, 0.05) is 23.7 Å². The second kappa shape index (κ2) is 10.5. The van der Waals surface area contributed by atoms with Gasteiger partial charge in [-0.05, 0) is 25.3 Å². The molecule has 0 saturated carbocycles. The second-order valence-electron chi connectivity index (χ2n) is 5.11. The molecule has 0 fully saturated rings. The summed E-state index contributed by atoms with van der Waals surface area (Å²) in [6, 6.07) is 3.76. The molecule has 1 aromatic heterocycles. The highest BCUT2D eigenvalue weighted by molar-refractivity contribution is 14.0. The molecule has 0 aromatic carbocycles. The minimum atomic E-state index is -3.00. The van der Waals surface area contributed by atoms with Crippen molar-refractivity contribution in [3.05, 3.63) is 22.4 Å². The van der Waals surface area contributed by atoms with Crippen LogP contribution in [0.3, 0.4) is 0 Å². The van der Waals surface area contributed by atoms with Crippen LogP contribution >= 0.6 is 35.3 Å². The Bertz CT molecular complexity index is 572. The Kier molecular flexibility index (Phi) is 10.3. The van der Waals surface area contributed by atoms with E-state index in [1.54, 1.807) is 13.8 Å². The van der Waals surface area contributed by atoms with E-state index in [0.29, 0.717) is 19.0 Å². The van der Waals surface area contributed by atoms with Crippen LogP contribution in [0.1, 0.15) is 25.6 Å². The Balaban J connectivity index is 0.00000484. The number of rotatable bonds is 8. The standard InChI is InChI=1S/C14H25N3O3S2.HI/c1-4-15-13(16-8-10-22(19,20)5-2)17-11-14(3,18)12-7-6-9-21-12;/h6-7,9,18H,4-5,8,10-11H2,1-3H3,(H2,15,16,17);1H. The van der Waals surface area contributed by atoms with E-state index in [9.17, 15) is 13.5 Å². The number of hydrogen-bond donors (Lipinski definition) is 3. The average Bonchev–Trinajstić information content (AvgIpc) is 3.00. The predicted molar refractivity (Wildman–Crippen MR) is 108 cm³/mol. The third-order valence-electron chi connectivity index (χ3n) is 3.09. The van der Waals surface area contributed by atoms with Crippen LogP contribution in [0.25, 0.3) is 0 Å². The number of guanidine groups is 1. The molecular weight excluding hydrogens is 449 g/mol. The van der Waals surface area contributed by atoms with Crippen molar-refractivity contribution in [1.29, 1.82) is 0 Å². The molecule has 134 valence electrons. The van der Waals surface area contributed by atoms with E-state index in [-0.39, 0.29) is 42.0 Å². The molecule has 0 bridgehead atoms. The van der Waals surface area contributed by atoms with Gasteiger partial charge < -0.3 is 15.7 Å². The molecule has 6 nitrogen and oxygen atoms in total. The van der Waals surface area contributed by atoms with Gasteiger partial charge in [-0.25, -0.2) is 13.4 Å². The van der Waals surface area contributed by atoms with Crippen molar-refractivity contribution < 1.29 is 13.5 Å². The minimum Gasteiger partial charge on any atom is -0.383 e. The maximum atomic E-state index is 11.5. The number of thiophene rings is 1. The Hall–Kier alpha value is -0.390. The second-order valence-corrected chi connectivity index (χ2v) is 8.53. The first-order chi connectivity index (χ1) is 10.3. The van der Waals surface area contributed by atoms with Gasteiger partial charge in [0.1, 0.15) is 5.60 Å². The zero-order chi connectivity index (χ0) is 16.6. The van der Waals surface area contributed by atoms with Crippen molar-refractivity contribution in [2.24, 2.45) is 4.99 Å². The normalized spacial score (nSPS) is 14.7. The number of sulfone groups is 1. The smallest absolute Gasteiger partial charge is 0.191 e. The molecule has 1 aromatic rings. The lowest BCUT2D eigenvalue weighted by Crippen LogP contribution is -2.40. The fourth-order valence-electron chi connectivity index (χ4n) is 1.71. The molecule has 0 aliphatic heterocycles. The molecule has 9 heteroatoms. The van der Waals surface area contributed by atoms with Crippen LogP contribution in [0.2, 0.25) is 0 Å². The van der Waals surface area contributed by atoms with Crippen molar-refractivity contribution in [2.75, 3.05) is 31.1 Å². The van der Waals surface area contributed by atoms with E-state index < -0.39 is 15.4 Å². The van der Waals surface area contributed by atoms with Crippen LogP contribution in [0.5, 0.6) is 0 Å². The van der Waals surface area contributed by atoms with Crippen molar-refractivity contribution in [1.82, 2.24) is 10.6 Å². The van der Waals surface area contributed by atoms with Crippen molar-refractivity contribution in [3.8, 4) is 0 Å². The molecule has 23 heavy (non-hydrogen) atoms. The highest BCUT2D eigenvalue weighted by Gasteiger charge is 2.24. The summed E-state index contributed by atoms with van der Waals surface area (Å²) in [7, 11) is -3.00. The largest absolute Gasteiger partial charge is 0.383 e. The summed E-state index contributed by atoms with van der Waals surface area (Å²) in [6.07, 6.45) is 0. The van der Waals surface area contributed by atoms with E-state index in [1.165, 1.54) is 11.3 Å². The molecule has 1 heterocycles. The van der Waals surface area contributed by atoms with Gasteiger partial charge in [0.15, 0.2) is 15.8 Å². The summed E-state index contributed by atoms with van der Waals surface area (Å²) in [5.74, 6) is 0.704. The fraction of sp³-hybridized carbons (Fsp3) is 0.643. The maximum absolute atomic E-state index is 11.5. The van der Waals surface area contributed by atoms with Crippen LogP contribution in [0.4, 0.5) is 0 Å². The number of halogens is 1. The van der Waals surface area contributed by atoms with Crippen molar-refractivity contribution >= 4 is 51.1 Å². The molecule has 1 atom stereocenters. The molecule has 0 amide bonds. The van der Waals surface area contributed by atoms with Gasteiger partial charge in [-0.15, -0.1) is 35.3 Å². The Labute approximate surface area is 159 Å². The average molecular weight is 475 g/mol. The third kappa shape index (κ3) is 8.32. The van der Waals surface area contributed by atoms with E-state index in [4.69, 9.17) is 0 Å². The van der Waals surface area contributed by atoms with Crippen LogP contribution in [-0.2, 0) is 15.4 Å². The molecule has 0 aliphatic rings. The zero-order valence-corrected chi connectivity index (χ0v) is 17.7. The first kappa shape index (κ1) is 22.6. The lowest BCUT2D eigenvalue weighted by Gasteiger charge is -2.20. The monoisotopic (exact) mass is 475 g/mol. The summed E-state index contributed by atoms with van der Waals surface area (Å²) in [6.45, 7) is 6.43. The van der Waals surface area contributed by atoms with E-state index in [1.807, 2.05) is 24.4 Å². The van der Waals surface area contributed by atoms with Crippen LogP contribution in [-0.4, -0.2) is 50.6 Å². The lowest BCUT2D eigenvalue weighted by molar-refractivity contribution is 0.0711. The van der Waals surface area contributed by atoms with Crippen molar-refractivity contribution in [3.63, 3.8) is 0 Å². The summed E-state index contributed by atoms with van der Waals surface area (Å²) in [5.41, 5.74) is -1.04. The maximum Gasteiger partial charge on any atom is 0.191 e. The number of aliphatic hydroxyl groups is 1. The highest BCUT2D eigenvalue weighted by atomic mass is 127. The van der Waals surface area contributed by atoms with E-state index >= 15 is 0 Å². The molecule has 3 N–H and O–H groups in total. The quantitative estimate of drug-likeness (QED) is 0.302. The molecule has 1 unspecified atom stereocenters. The van der Waals surface area contributed by atoms with Gasteiger partial charge in [-0.2, -0.15) is 0 Å². The molecular formula is C14H26IN3O3S2. The zero-order valence-electron chi connectivity index (χ0n) is 13.7. The van der Waals surface area contributed by atoms with Gasteiger partial charge in [0.25, 0.3) is 0 Å². The summed E-state index contributed by atoms with van der Waals surface area (Å²) >= 11 is 1.48. The molecule has 1 rings (SSSR count). The van der Waals surface area contributed by atoms with Gasteiger partial charge >= 0.3 is 0 Å². The molecule has 0 saturated heterocycles. The number of hydrogen-bond acceptors (Lipinski definition) is 5. The third-order valence-corrected chi connectivity index (χ3v) is 5.92. The van der Waals surface area contributed by atoms with Crippen molar-refractivity contribution in [2.45, 2.75) is 26.4 Å². The van der Waals surface area contributed by atoms with Gasteiger partial charge in [0.2, 0.25) is 0 Å². The first-order valence-corrected chi connectivity index (χ1v) is 10.00. The summed E-state index contributed by atoms with van der Waals surface area (Å²) < 4.78 is 22.9. The number of aliphatic imine (C=N–C) groups is 1. The van der Waals surface area contributed by atoms with Gasteiger partial charge in [-0.1, -0.05) is 13.0 Å². The fourth-order valence-corrected chi connectivity index (χ4v) is 3.19. The van der Waals surface area contributed by atoms with Gasteiger partial charge in [-0.3, -0.25) is 0 Å². The van der Waals surface area contributed by atoms with E-state index in [0.717, 1.165) is 4.88 Å². The predicted octanol–water partition coefficient (Wildman–Crippen LogP) is 1.56. The van der Waals surface area contributed by atoms with Crippen LogP contribution in [0.15, 0.2) is 22.5 Å². The topological polar surface area (TPSA) is 90.8 Å². The lowest BCUT2D eigenvalue weighted by atomic mass is 10.1. The van der Waals surface area contributed by atoms with Crippen LogP contribution in [0, 0.1) is 0 Å². The Morgan fingerprint density at radius 1 is 1.39 bits per heavy atom. The minimum absolute atomic E-state index is 0.